The standard InChI is InChI=1S/C16H21FN2O2/c1-21-16(20)14-5-2-12(10-15(14)17)11-18-6-8-19(9-7-18)13-3-4-13/h2,5,10,13H,3-4,6-9,11H2,1H3. The number of carbonyl (C=O) groups excluding carboxylic acids is 1. The molecule has 1 aliphatic carbocycles. The van der Waals surface area contributed by atoms with E-state index >= 15 is 0 Å². The highest BCUT2D eigenvalue weighted by Crippen LogP contribution is 2.27. The summed E-state index contributed by atoms with van der Waals surface area (Å²) in [4.78, 5) is 16.3. The lowest BCUT2D eigenvalue weighted by molar-refractivity contribution is 0.0595. The molecule has 114 valence electrons. The highest BCUT2D eigenvalue weighted by molar-refractivity contribution is 5.89. The Kier molecular flexibility index (Phi) is 4.22. The van der Waals surface area contributed by atoms with Crippen LogP contribution in [-0.4, -0.2) is 55.1 Å². The van der Waals surface area contributed by atoms with E-state index in [1.165, 1.54) is 32.1 Å². The van der Waals surface area contributed by atoms with Gasteiger partial charge in [0.1, 0.15) is 5.82 Å². The van der Waals surface area contributed by atoms with Crippen molar-refractivity contribution < 1.29 is 13.9 Å². The minimum Gasteiger partial charge on any atom is -0.465 e. The second-order valence-corrected chi connectivity index (χ2v) is 5.85. The van der Waals surface area contributed by atoms with Crippen molar-refractivity contribution in [3.05, 3.63) is 35.1 Å². The molecule has 1 saturated heterocycles. The highest BCUT2D eigenvalue weighted by atomic mass is 19.1. The smallest absolute Gasteiger partial charge is 0.340 e. The van der Waals surface area contributed by atoms with E-state index in [0.717, 1.165) is 44.3 Å². The maximum absolute atomic E-state index is 13.9. The molecule has 1 saturated carbocycles. The van der Waals surface area contributed by atoms with E-state index in [4.69, 9.17) is 0 Å². The summed E-state index contributed by atoms with van der Waals surface area (Å²) in [5.74, 6) is -1.13. The molecule has 2 aliphatic rings. The normalized spacial score (nSPS) is 20.5. The van der Waals surface area contributed by atoms with Crippen molar-refractivity contribution in [3.8, 4) is 0 Å². The Labute approximate surface area is 124 Å². The molecule has 0 radical (unpaired) electrons. The number of esters is 1. The zero-order valence-electron chi connectivity index (χ0n) is 12.3. The third-order valence-corrected chi connectivity index (χ3v) is 4.32. The average Bonchev–Trinajstić information content (AvgIpc) is 3.32. The van der Waals surface area contributed by atoms with Gasteiger partial charge < -0.3 is 4.74 Å². The molecular formula is C16H21FN2O2. The molecule has 4 nitrogen and oxygen atoms in total. The number of ether oxygens (including phenoxy) is 1. The summed E-state index contributed by atoms with van der Waals surface area (Å²) in [6, 6.07) is 5.59. The molecule has 0 amide bonds. The van der Waals surface area contributed by atoms with Crippen molar-refractivity contribution in [1.82, 2.24) is 9.80 Å². The Balaban J connectivity index is 1.58. The molecule has 1 aromatic rings. The van der Waals surface area contributed by atoms with E-state index in [-0.39, 0.29) is 5.56 Å². The van der Waals surface area contributed by atoms with Crippen LogP contribution in [0.15, 0.2) is 18.2 Å². The first kappa shape index (κ1) is 14.5. The van der Waals surface area contributed by atoms with Gasteiger partial charge in [-0.1, -0.05) is 6.07 Å². The summed E-state index contributed by atoms with van der Waals surface area (Å²) in [6.45, 7) is 4.99. The third kappa shape index (κ3) is 3.41. The first-order valence-corrected chi connectivity index (χ1v) is 7.50. The molecule has 0 spiro atoms. The van der Waals surface area contributed by atoms with Gasteiger partial charge in [-0.3, -0.25) is 9.80 Å². The van der Waals surface area contributed by atoms with Crippen molar-refractivity contribution >= 4 is 5.97 Å². The molecular weight excluding hydrogens is 271 g/mol. The number of nitrogens with zero attached hydrogens (tertiary/aromatic N) is 2. The van der Waals surface area contributed by atoms with Crippen LogP contribution in [0, 0.1) is 5.82 Å². The molecule has 0 unspecified atom stereocenters. The Morgan fingerprint density at radius 3 is 2.57 bits per heavy atom. The fraction of sp³-hybridized carbons (Fsp3) is 0.562. The van der Waals surface area contributed by atoms with Crippen LogP contribution in [0.4, 0.5) is 4.39 Å². The van der Waals surface area contributed by atoms with Crippen LogP contribution in [0.25, 0.3) is 0 Å². The molecule has 1 aromatic carbocycles. The van der Waals surface area contributed by atoms with E-state index in [1.54, 1.807) is 0 Å². The predicted molar refractivity (Wildman–Crippen MR) is 77.6 cm³/mol. The largest absolute Gasteiger partial charge is 0.465 e. The lowest BCUT2D eigenvalue weighted by Crippen LogP contribution is -2.46. The molecule has 0 bridgehead atoms. The quantitative estimate of drug-likeness (QED) is 0.794. The van der Waals surface area contributed by atoms with Crippen molar-refractivity contribution in [2.24, 2.45) is 0 Å². The van der Waals surface area contributed by atoms with Gasteiger partial charge in [0.15, 0.2) is 0 Å². The van der Waals surface area contributed by atoms with Gasteiger partial charge in [0.2, 0.25) is 0 Å². The van der Waals surface area contributed by atoms with E-state index in [2.05, 4.69) is 14.5 Å². The molecule has 2 fully saturated rings. The summed E-state index contributed by atoms with van der Waals surface area (Å²) in [6.07, 6.45) is 2.69. The topological polar surface area (TPSA) is 32.8 Å². The summed E-state index contributed by atoms with van der Waals surface area (Å²) >= 11 is 0. The van der Waals surface area contributed by atoms with Crippen molar-refractivity contribution in [2.75, 3.05) is 33.3 Å². The zero-order chi connectivity index (χ0) is 14.8. The van der Waals surface area contributed by atoms with Gasteiger partial charge in [-0.2, -0.15) is 0 Å². The Bertz CT molecular complexity index is 523. The van der Waals surface area contributed by atoms with Crippen LogP contribution in [-0.2, 0) is 11.3 Å². The number of hydrogen-bond donors (Lipinski definition) is 0. The fourth-order valence-corrected chi connectivity index (χ4v) is 2.92. The highest BCUT2D eigenvalue weighted by Gasteiger charge is 2.31. The van der Waals surface area contributed by atoms with Crippen molar-refractivity contribution in [3.63, 3.8) is 0 Å². The van der Waals surface area contributed by atoms with Gasteiger partial charge in [-0.05, 0) is 30.5 Å². The van der Waals surface area contributed by atoms with Crippen molar-refractivity contribution in [2.45, 2.75) is 25.4 Å². The zero-order valence-corrected chi connectivity index (χ0v) is 12.3. The van der Waals surface area contributed by atoms with Crippen molar-refractivity contribution in [1.29, 1.82) is 0 Å². The number of carbonyl (C=O) groups is 1. The summed E-state index contributed by atoms with van der Waals surface area (Å²) in [7, 11) is 1.26. The second-order valence-electron chi connectivity index (χ2n) is 5.85. The summed E-state index contributed by atoms with van der Waals surface area (Å²) < 4.78 is 18.4. The second kappa shape index (κ2) is 6.12. The molecule has 1 aliphatic heterocycles. The maximum Gasteiger partial charge on any atom is 0.340 e. The molecule has 21 heavy (non-hydrogen) atoms. The van der Waals surface area contributed by atoms with Gasteiger partial charge in [0, 0.05) is 38.8 Å². The van der Waals surface area contributed by atoms with E-state index in [1.807, 2.05) is 6.07 Å². The molecule has 3 rings (SSSR count). The number of rotatable bonds is 4. The monoisotopic (exact) mass is 292 g/mol. The predicted octanol–water partition coefficient (Wildman–Crippen LogP) is 1.89. The molecule has 0 N–H and O–H groups in total. The number of piperazine rings is 1. The molecule has 1 heterocycles. The number of methoxy groups -OCH3 is 1. The number of benzene rings is 1. The minimum atomic E-state index is -0.628. The minimum absolute atomic E-state index is 0.000183. The molecule has 0 aromatic heterocycles. The maximum atomic E-state index is 13.9. The lowest BCUT2D eigenvalue weighted by Gasteiger charge is -2.34. The van der Waals surface area contributed by atoms with E-state index < -0.39 is 11.8 Å². The Morgan fingerprint density at radius 2 is 2.00 bits per heavy atom. The van der Waals surface area contributed by atoms with Gasteiger partial charge in [0.05, 0.1) is 12.7 Å². The molecule has 5 heteroatoms. The lowest BCUT2D eigenvalue weighted by atomic mass is 10.1. The van der Waals surface area contributed by atoms with E-state index in [0.29, 0.717) is 0 Å². The van der Waals surface area contributed by atoms with Gasteiger partial charge >= 0.3 is 5.97 Å². The molecule has 0 atom stereocenters. The third-order valence-electron chi connectivity index (χ3n) is 4.32. The summed E-state index contributed by atoms with van der Waals surface area (Å²) in [5, 5.41) is 0. The first-order valence-electron chi connectivity index (χ1n) is 7.50. The van der Waals surface area contributed by atoms with Crippen LogP contribution >= 0.6 is 0 Å². The average molecular weight is 292 g/mol. The number of halogens is 1. The van der Waals surface area contributed by atoms with Crippen LogP contribution in [0.3, 0.4) is 0 Å². The van der Waals surface area contributed by atoms with Gasteiger partial charge in [0.25, 0.3) is 0 Å². The van der Waals surface area contributed by atoms with Crippen LogP contribution < -0.4 is 0 Å². The number of hydrogen-bond acceptors (Lipinski definition) is 4. The van der Waals surface area contributed by atoms with Gasteiger partial charge in [-0.25, -0.2) is 9.18 Å². The van der Waals surface area contributed by atoms with Gasteiger partial charge in [-0.15, -0.1) is 0 Å². The fourth-order valence-electron chi connectivity index (χ4n) is 2.92. The van der Waals surface area contributed by atoms with Crippen LogP contribution in [0.5, 0.6) is 0 Å². The summed E-state index contributed by atoms with van der Waals surface area (Å²) in [5.41, 5.74) is 0.903. The van der Waals surface area contributed by atoms with E-state index in [9.17, 15) is 9.18 Å². The van der Waals surface area contributed by atoms with Crippen LogP contribution in [0.2, 0.25) is 0 Å². The first-order chi connectivity index (χ1) is 10.2. The Hall–Kier alpha value is -1.46. The Morgan fingerprint density at radius 1 is 1.29 bits per heavy atom. The van der Waals surface area contributed by atoms with Crippen LogP contribution in [0.1, 0.15) is 28.8 Å². The SMILES string of the molecule is COC(=O)c1ccc(CN2CCN(C3CC3)CC2)cc1F.